The summed E-state index contributed by atoms with van der Waals surface area (Å²) in [4.78, 5) is 79.2. The smallest absolute Gasteiger partial charge is 0.431 e. The predicted molar refractivity (Wildman–Crippen MR) is 153 cm³/mol. The van der Waals surface area contributed by atoms with Crippen molar-refractivity contribution < 1.29 is 56.4 Å². The first-order valence-corrected chi connectivity index (χ1v) is 15.7. The van der Waals surface area contributed by atoms with Gasteiger partial charge in [0.1, 0.15) is 29.9 Å². The molecule has 1 spiro atoms. The van der Waals surface area contributed by atoms with Crippen molar-refractivity contribution in [3.63, 3.8) is 0 Å². The van der Waals surface area contributed by atoms with Gasteiger partial charge in [-0.25, -0.2) is 18.1 Å². The highest BCUT2D eigenvalue weighted by Crippen LogP contribution is 2.46. The molecule has 1 saturated heterocycles. The van der Waals surface area contributed by atoms with Crippen molar-refractivity contribution in [1.29, 1.82) is 0 Å². The van der Waals surface area contributed by atoms with Crippen LogP contribution in [0.1, 0.15) is 72.5 Å². The van der Waals surface area contributed by atoms with Crippen molar-refractivity contribution in [2.45, 2.75) is 70.4 Å². The van der Waals surface area contributed by atoms with E-state index in [9.17, 15) is 32.5 Å². The van der Waals surface area contributed by atoms with Crippen molar-refractivity contribution in [3.8, 4) is 5.75 Å². The number of oxime groups is 1. The van der Waals surface area contributed by atoms with Gasteiger partial charge in [0, 0.05) is 43.4 Å². The van der Waals surface area contributed by atoms with Crippen molar-refractivity contribution in [1.82, 2.24) is 14.8 Å². The number of nitrogens with zero attached hydrogens (tertiary/aromatic N) is 3. The van der Waals surface area contributed by atoms with E-state index >= 15 is 0 Å². The van der Waals surface area contributed by atoms with Crippen LogP contribution in [0.5, 0.6) is 5.75 Å². The summed E-state index contributed by atoms with van der Waals surface area (Å²) in [6.07, 6.45) is -0.323. The normalized spacial score (nSPS) is 22.8. The summed E-state index contributed by atoms with van der Waals surface area (Å²) in [5.74, 6) is -4.28. The van der Waals surface area contributed by atoms with Gasteiger partial charge < -0.3 is 38.9 Å². The Morgan fingerprint density at radius 3 is 2.67 bits per heavy atom. The fraction of sp³-hybridized carbons (Fsp3) is 0.464. The van der Waals surface area contributed by atoms with Crippen LogP contribution in [0.4, 0.5) is 13.6 Å². The van der Waals surface area contributed by atoms with Crippen LogP contribution in [-0.4, -0.2) is 73.8 Å². The molecular formula is C28H31F2N4O11P. The number of amides is 2. The number of carbonyl (C=O) groups excluding carboxylic acids is 3. The first-order valence-electron chi connectivity index (χ1n) is 14.2. The van der Waals surface area contributed by atoms with Gasteiger partial charge in [0.25, 0.3) is 11.8 Å². The highest BCUT2D eigenvalue weighted by Gasteiger charge is 2.54. The molecule has 15 nitrogen and oxygen atoms in total. The van der Waals surface area contributed by atoms with Gasteiger partial charge in [-0.15, -0.1) is 0 Å². The van der Waals surface area contributed by atoms with E-state index in [4.69, 9.17) is 24.1 Å². The second-order valence-electron chi connectivity index (χ2n) is 11.5. The van der Waals surface area contributed by atoms with E-state index in [1.165, 1.54) is 16.4 Å². The van der Waals surface area contributed by atoms with E-state index in [1.54, 1.807) is 6.92 Å². The number of fused-ring (bicyclic) bond motifs is 5. The molecule has 4 heterocycles. The van der Waals surface area contributed by atoms with Crippen LogP contribution in [0.3, 0.4) is 0 Å². The molecule has 3 aliphatic heterocycles. The van der Waals surface area contributed by atoms with Crippen molar-refractivity contribution in [3.05, 3.63) is 63.1 Å². The monoisotopic (exact) mass is 668 g/mol. The molecule has 3 N–H and O–H groups in total. The van der Waals surface area contributed by atoms with E-state index in [1.807, 2.05) is 6.92 Å². The number of phosphoric ester groups is 1. The first kappa shape index (κ1) is 33.2. The molecule has 2 amide bonds. The minimum absolute atomic E-state index is 0.0750. The number of pyridine rings is 1. The van der Waals surface area contributed by atoms with Gasteiger partial charge in [0.05, 0.1) is 11.8 Å². The summed E-state index contributed by atoms with van der Waals surface area (Å²) < 4.78 is 54.6. The largest absolute Gasteiger partial charge is 0.514 e. The molecule has 18 heteroatoms. The van der Waals surface area contributed by atoms with Gasteiger partial charge in [-0.05, 0) is 39.7 Å². The number of ether oxygens (including phenoxy) is 2. The lowest BCUT2D eigenvalue weighted by atomic mass is 9.84. The lowest BCUT2D eigenvalue weighted by molar-refractivity contribution is -0.0655. The second kappa shape index (κ2) is 12.5. The number of hydrogen-bond acceptors (Lipinski definition) is 10. The van der Waals surface area contributed by atoms with Gasteiger partial charge in [-0.2, -0.15) is 0 Å². The molecule has 0 radical (unpaired) electrons. The van der Waals surface area contributed by atoms with Crippen molar-refractivity contribution >= 4 is 31.5 Å². The quantitative estimate of drug-likeness (QED) is 0.277. The number of phosphoric acid groups is 1. The van der Waals surface area contributed by atoms with Crippen molar-refractivity contribution in [2.24, 2.45) is 5.16 Å². The fourth-order valence-electron chi connectivity index (χ4n) is 5.87. The second-order valence-corrected chi connectivity index (χ2v) is 12.7. The highest BCUT2D eigenvalue weighted by atomic mass is 31.2. The topological polar surface area (TPSA) is 195 Å². The summed E-state index contributed by atoms with van der Waals surface area (Å²) in [5.41, 5.74) is -2.47. The van der Waals surface area contributed by atoms with Crippen LogP contribution in [0, 0.1) is 11.6 Å². The minimum atomic E-state index is -4.91. The molecule has 1 fully saturated rings. The molecule has 0 unspecified atom stereocenters. The van der Waals surface area contributed by atoms with Gasteiger partial charge in [0.15, 0.2) is 11.3 Å². The van der Waals surface area contributed by atoms with Crippen LogP contribution < -0.4 is 15.5 Å². The molecule has 0 aliphatic carbocycles. The maximum atomic E-state index is 14.2. The highest BCUT2D eigenvalue weighted by molar-refractivity contribution is 7.46. The predicted octanol–water partition coefficient (Wildman–Crippen LogP) is 2.78. The summed E-state index contributed by atoms with van der Waals surface area (Å²) in [6.45, 7) is 3.77. The number of halogens is 2. The van der Waals surface area contributed by atoms with E-state index < -0.39 is 85.1 Å². The van der Waals surface area contributed by atoms with Crippen LogP contribution in [0.25, 0.3) is 0 Å². The zero-order valence-corrected chi connectivity index (χ0v) is 25.8. The lowest BCUT2D eigenvalue weighted by Gasteiger charge is -2.42. The summed E-state index contributed by atoms with van der Waals surface area (Å²) in [7, 11) is -4.91. The number of rotatable bonds is 8. The number of aromatic nitrogens is 1. The SMILES string of the molecule is CC1=NO[C@@]2(CC[C@H](C)N3C[C@H]2n2cc(C(=O)NCc4ccc(F)cc4F)c(=O)c(OC(=O)OC[C@H](C)OP(=O)(O)O)c2C3=O)C1. The third kappa shape index (κ3) is 6.67. The Hall–Kier alpha value is -4.18. The number of benzene rings is 1. The molecule has 2 aromatic rings. The summed E-state index contributed by atoms with van der Waals surface area (Å²) in [5, 5.41) is 6.53. The van der Waals surface area contributed by atoms with Crippen molar-refractivity contribution in [2.75, 3.05) is 13.2 Å². The Kier molecular flexibility index (Phi) is 9.05. The van der Waals surface area contributed by atoms with E-state index in [2.05, 4.69) is 15.0 Å². The molecule has 248 valence electrons. The third-order valence-electron chi connectivity index (χ3n) is 8.06. The van der Waals surface area contributed by atoms with E-state index in [-0.39, 0.29) is 23.8 Å². The molecular weight excluding hydrogens is 637 g/mol. The van der Waals surface area contributed by atoms with Gasteiger partial charge in [0.2, 0.25) is 11.2 Å². The van der Waals surface area contributed by atoms with Gasteiger partial charge in [-0.3, -0.25) is 18.9 Å². The van der Waals surface area contributed by atoms with Crippen LogP contribution in [-0.2, 0) is 25.2 Å². The molecule has 46 heavy (non-hydrogen) atoms. The first-order chi connectivity index (χ1) is 21.6. The lowest BCUT2D eigenvalue weighted by Crippen LogP contribution is -2.52. The zero-order chi connectivity index (χ0) is 33.6. The third-order valence-corrected chi connectivity index (χ3v) is 8.70. The fourth-order valence-corrected chi connectivity index (χ4v) is 6.40. The Morgan fingerprint density at radius 2 is 2.02 bits per heavy atom. The Bertz CT molecular complexity index is 1730. The molecule has 3 aliphatic rings. The van der Waals surface area contributed by atoms with Crippen LogP contribution in [0.2, 0.25) is 0 Å². The minimum Gasteiger partial charge on any atom is -0.431 e. The average molecular weight is 669 g/mol. The Balaban J connectivity index is 1.55. The summed E-state index contributed by atoms with van der Waals surface area (Å²) in [6, 6.07) is 1.73. The Labute approximate surface area is 260 Å². The maximum absolute atomic E-state index is 14.2. The molecule has 1 aromatic heterocycles. The van der Waals surface area contributed by atoms with E-state index in [0.717, 1.165) is 18.3 Å². The number of hydrogen-bond donors (Lipinski definition) is 3. The molecule has 0 saturated carbocycles. The average Bonchev–Trinajstić information content (AvgIpc) is 3.30. The van der Waals surface area contributed by atoms with E-state index in [0.29, 0.717) is 31.0 Å². The van der Waals surface area contributed by atoms with Gasteiger partial charge >= 0.3 is 14.0 Å². The maximum Gasteiger partial charge on any atom is 0.514 e. The Morgan fingerprint density at radius 1 is 1.28 bits per heavy atom. The van der Waals surface area contributed by atoms with Crippen LogP contribution >= 0.6 is 7.82 Å². The summed E-state index contributed by atoms with van der Waals surface area (Å²) >= 11 is 0. The molecule has 5 rings (SSSR count). The van der Waals surface area contributed by atoms with Gasteiger partial charge in [-0.1, -0.05) is 11.2 Å². The molecule has 2 bridgehead atoms. The number of carbonyl (C=O) groups is 3. The molecule has 1 aromatic carbocycles. The number of nitrogens with one attached hydrogen (secondary N) is 1. The zero-order valence-electron chi connectivity index (χ0n) is 24.9. The molecule has 4 atom stereocenters. The standard InChI is InChI=1S/C28H31F2N4O11P/c1-14-9-28(45-32-14)7-6-15(2)33-12-21(28)34-11-19(25(36)31-10-17-4-5-18(29)8-20(17)30)23(35)24(22(34)26(33)37)43-27(38)42-13-16(3)44-46(39,40)41/h4-5,8,11,15-16,21H,6-7,9-10,12-13H2,1-3H3,(H,31,36)(H2,39,40,41)/t15-,16-,21+,28-/m0/s1. The van der Waals surface area contributed by atoms with Crippen LogP contribution in [0.15, 0.2) is 34.3 Å².